The zero-order valence-electron chi connectivity index (χ0n) is 16.3. The summed E-state index contributed by atoms with van der Waals surface area (Å²) < 4.78 is 25.9. The Hall–Kier alpha value is -1.94. The smallest absolute Gasteiger partial charge is 0.261 e. The SMILES string of the molecule is CS(=O)(=O)O.O=C(NC1CC2CC3CC(C1)N2CC3O)c1c[nH]c2ccccc12. The number of nitrogens with one attached hydrogen (secondary N) is 2. The van der Waals surface area contributed by atoms with Crippen LogP contribution in [0.15, 0.2) is 30.5 Å². The molecule has 158 valence electrons. The first kappa shape index (κ1) is 20.3. The van der Waals surface area contributed by atoms with Gasteiger partial charge in [0.05, 0.1) is 17.9 Å². The highest BCUT2D eigenvalue weighted by Gasteiger charge is 2.48. The summed E-state index contributed by atoms with van der Waals surface area (Å²) in [4.78, 5) is 18.4. The van der Waals surface area contributed by atoms with Gasteiger partial charge in [-0.3, -0.25) is 14.2 Å². The lowest BCUT2D eigenvalue weighted by Gasteiger charge is -2.57. The minimum absolute atomic E-state index is 0.0256. The monoisotopic (exact) mass is 421 g/mol. The first-order valence-corrected chi connectivity index (χ1v) is 11.8. The Balaban J connectivity index is 0.000000369. The maximum Gasteiger partial charge on any atom is 0.261 e. The highest BCUT2D eigenvalue weighted by molar-refractivity contribution is 7.85. The minimum Gasteiger partial charge on any atom is -0.392 e. The summed E-state index contributed by atoms with van der Waals surface area (Å²) >= 11 is 0. The molecule has 9 heteroatoms. The van der Waals surface area contributed by atoms with E-state index in [2.05, 4.69) is 15.2 Å². The van der Waals surface area contributed by atoms with E-state index >= 15 is 0 Å². The quantitative estimate of drug-likeness (QED) is 0.544. The van der Waals surface area contributed by atoms with Gasteiger partial charge in [0.25, 0.3) is 16.0 Å². The number of carbonyl (C=O) groups is 1. The van der Waals surface area contributed by atoms with Gasteiger partial charge in [0.1, 0.15) is 0 Å². The molecule has 4 N–H and O–H groups in total. The number of H-pyrrole nitrogens is 1. The molecule has 0 aliphatic carbocycles. The Labute approximate surface area is 170 Å². The molecule has 0 saturated carbocycles. The molecule has 5 heterocycles. The number of nitrogens with zero attached hydrogens (tertiary/aromatic N) is 1. The zero-order chi connectivity index (χ0) is 20.8. The van der Waals surface area contributed by atoms with Crippen LogP contribution >= 0.6 is 0 Å². The average molecular weight is 422 g/mol. The molecule has 4 aliphatic heterocycles. The van der Waals surface area contributed by atoms with Crippen LogP contribution in [-0.4, -0.2) is 70.9 Å². The fraction of sp³-hybridized carbons (Fsp3) is 0.550. The fourth-order valence-corrected chi connectivity index (χ4v) is 5.20. The molecule has 6 rings (SSSR count). The number of aliphatic hydroxyl groups excluding tert-OH is 1. The highest BCUT2D eigenvalue weighted by atomic mass is 32.2. The number of aromatic nitrogens is 1. The number of hydrogen-bond acceptors (Lipinski definition) is 5. The van der Waals surface area contributed by atoms with E-state index in [4.69, 9.17) is 4.55 Å². The Kier molecular flexibility index (Phi) is 5.41. The van der Waals surface area contributed by atoms with Crippen molar-refractivity contribution in [2.24, 2.45) is 5.92 Å². The largest absolute Gasteiger partial charge is 0.392 e. The molecule has 4 aliphatic rings. The second kappa shape index (κ2) is 7.71. The molecule has 4 fully saturated rings. The maximum absolute atomic E-state index is 12.7. The van der Waals surface area contributed by atoms with Crippen molar-refractivity contribution in [3.63, 3.8) is 0 Å². The van der Waals surface area contributed by atoms with Crippen LogP contribution in [-0.2, 0) is 10.1 Å². The van der Waals surface area contributed by atoms with Crippen molar-refractivity contribution < 1.29 is 22.9 Å². The Morgan fingerprint density at radius 3 is 2.41 bits per heavy atom. The predicted octanol–water partition coefficient (Wildman–Crippen LogP) is 1.39. The molecule has 4 saturated heterocycles. The van der Waals surface area contributed by atoms with Gasteiger partial charge in [-0.05, 0) is 37.7 Å². The zero-order valence-corrected chi connectivity index (χ0v) is 17.1. The Morgan fingerprint density at radius 1 is 1.17 bits per heavy atom. The summed E-state index contributed by atoms with van der Waals surface area (Å²) in [5.74, 6) is 0.493. The number of benzene rings is 1. The molecule has 0 radical (unpaired) electrons. The summed E-state index contributed by atoms with van der Waals surface area (Å²) in [7, 11) is -3.67. The van der Waals surface area contributed by atoms with Crippen molar-refractivity contribution in [2.45, 2.75) is 49.9 Å². The lowest BCUT2D eigenvalue weighted by Crippen LogP contribution is -2.65. The van der Waals surface area contributed by atoms with Gasteiger partial charge in [-0.1, -0.05) is 18.2 Å². The van der Waals surface area contributed by atoms with Gasteiger partial charge in [0.2, 0.25) is 0 Å². The lowest BCUT2D eigenvalue weighted by molar-refractivity contribution is -0.110. The third-order valence-corrected chi connectivity index (χ3v) is 6.31. The molecule has 1 amide bonds. The molecule has 8 nitrogen and oxygen atoms in total. The summed E-state index contributed by atoms with van der Waals surface area (Å²) in [5.41, 5.74) is 1.74. The van der Waals surface area contributed by atoms with Crippen molar-refractivity contribution in [3.8, 4) is 0 Å². The fourth-order valence-electron chi connectivity index (χ4n) is 5.20. The van der Waals surface area contributed by atoms with Crippen molar-refractivity contribution in [3.05, 3.63) is 36.0 Å². The topological polar surface area (TPSA) is 123 Å². The van der Waals surface area contributed by atoms with Crippen LogP contribution in [0.25, 0.3) is 10.9 Å². The molecule has 3 unspecified atom stereocenters. The van der Waals surface area contributed by atoms with Crippen LogP contribution in [0, 0.1) is 5.92 Å². The van der Waals surface area contributed by atoms with E-state index in [-0.39, 0.29) is 18.1 Å². The second-order valence-corrected chi connectivity index (χ2v) is 9.89. The van der Waals surface area contributed by atoms with Crippen molar-refractivity contribution in [2.75, 3.05) is 12.8 Å². The van der Waals surface area contributed by atoms with Crippen LogP contribution in [0.3, 0.4) is 0 Å². The number of piperidine rings is 4. The number of para-hydroxylation sites is 1. The normalized spacial score (nSPS) is 33.1. The Bertz CT molecular complexity index is 980. The molecule has 29 heavy (non-hydrogen) atoms. The highest BCUT2D eigenvalue weighted by Crippen LogP contribution is 2.43. The molecule has 4 bridgehead atoms. The van der Waals surface area contributed by atoms with Gasteiger partial charge in [-0.2, -0.15) is 8.42 Å². The van der Waals surface area contributed by atoms with E-state index in [0.717, 1.165) is 48.7 Å². The molecular formula is C20H27N3O5S. The summed E-state index contributed by atoms with van der Waals surface area (Å²) in [6.45, 7) is 0.823. The number of rotatable bonds is 2. The van der Waals surface area contributed by atoms with E-state index in [1.54, 1.807) is 0 Å². The third kappa shape index (κ3) is 4.48. The van der Waals surface area contributed by atoms with Crippen LogP contribution in [0.4, 0.5) is 0 Å². The summed E-state index contributed by atoms with van der Waals surface area (Å²) in [6.07, 6.45) is 6.56. The maximum atomic E-state index is 12.7. The molecular weight excluding hydrogens is 394 g/mol. The van der Waals surface area contributed by atoms with Crippen molar-refractivity contribution >= 4 is 26.9 Å². The first-order chi connectivity index (χ1) is 13.7. The molecule has 1 aromatic carbocycles. The van der Waals surface area contributed by atoms with Gasteiger partial charge in [-0.15, -0.1) is 0 Å². The predicted molar refractivity (Wildman–Crippen MR) is 109 cm³/mol. The van der Waals surface area contributed by atoms with Gasteiger partial charge in [0.15, 0.2) is 0 Å². The molecule has 3 atom stereocenters. The standard InChI is InChI=1S/C19H23N3O2.CH4O3S/c23-18-10-22-13-5-11(18)6-14(22)8-12(7-13)21-19(24)16-9-20-17-4-2-1-3-15(16)17;1-5(2,3)4/h1-4,9,11-14,18,20,23H,5-8,10H2,(H,21,24);1H3,(H,2,3,4). The molecule has 2 aromatic rings. The summed E-state index contributed by atoms with van der Waals surface area (Å²) in [5, 5.41) is 14.3. The second-order valence-electron chi connectivity index (χ2n) is 8.43. The van der Waals surface area contributed by atoms with E-state index < -0.39 is 10.1 Å². The number of aliphatic hydroxyl groups is 1. The average Bonchev–Trinajstić information content (AvgIpc) is 3.04. The number of hydrogen-bond donors (Lipinski definition) is 4. The van der Waals surface area contributed by atoms with E-state index in [1.807, 2.05) is 30.5 Å². The van der Waals surface area contributed by atoms with Crippen LogP contribution in [0.2, 0.25) is 0 Å². The van der Waals surface area contributed by atoms with Crippen molar-refractivity contribution in [1.29, 1.82) is 0 Å². The lowest BCUT2D eigenvalue weighted by atomic mass is 9.70. The number of carbonyl (C=O) groups excluding carboxylic acids is 1. The molecule has 1 aromatic heterocycles. The third-order valence-electron chi connectivity index (χ3n) is 6.31. The van der Waals surface area contributed by atoms with Gasteiger partial charge < -0.3 is 15.4 Å². The van der Waals surface area contributed by atoms with Gasteiger partial charge >= 0.3 is 0 Å². The molecule has 0 spiro atoms. The Morgan fingerprint density at radius 2 is 1.79 bits per heavy atom. The number of aromatic amines is 1. The summed E-state index contributed by atoms with van der Waals surface area (Å²) in [6, 6.07) is 9.22. The number of fused-ring (bicyclic) bond motifs is 2. The van der Waals surface area contributed by atoms with Crippen LogP contribution in [0.1, 0.15) is 36.0 Å². The van der Waals surface area contributed by atoms with Gasteiger partial charge in [-0.25, -0.2) is 0 Å². The van der Waals surface area contributed by atoms with Gasteiger partial charge in [0, 0.05) is 41.8 Å². The van der Waals surface area contributed by atoms with E-state index in [1.165, 1.54) is 0 Å². The van der Waals surface area contributed by atoms with Crippen LogP contribution in [0.5, 0.6) is 0 Å². The van der Waals surface area contributed by atoms with E-state index in [9.17, 15) is 18.3 Å². The number of amides is 1. The van der Waals surface area contributed by atoms with Crippen LogP contribution < -0.4 is 5.32 Å². The van der Waals surface area contributed by atoms with E-state index in [0.29, 0.717) is 24.3 Å². The minimum atomic E-state index is -3.67. The van der Waals surface area contributed by atoms with Crippen molar-refractivity contribution in [1.82, 2.24) is 15.2 Å². The first-order valence-electron chi connectivity index (χ1n) is 9.92.